The van der Waals surface area contributed by atoms with Gasteiger partial charge in [0.1, 0.15) is 11.5 Å². The van der Waals surface area contributed by atoms with Crippen LogP contribution in [0.25, 0.3) is 0 Å². The fraction of sp³-hybridized carbons (Fsp3) is 0.500. The highest BCUT2D eigenvalue weighted by atomic mass is 32.2. The lowest BCUT2D eigenvalue weighted by molar-refractivity contribution is 0.686. The van der Waals surface area contributed by atoms with Crippen LogP contribution in [0.4, 0.5) is 5.82 Å². The Balaban J connectivity index is 2.34. The number of nitrogens with one attached hydrogen (secondary N) is 1. The lowest BCUT2D eigenvalue weighted by Crippen LogP contribution is -2.42. The minimum absolute atomic E-state index is 0.0199. The van der Waals surface area contributed by atoms with Gasteiger partial charge in [0.2, 0.25) is 0 Å². The van der Waals surface area contributed by atoms with E-state index in [1.807, 2.05) is 11.8 Å². The van der Waals surface area contributed by atoms with Crippen molar-refractivity contribution in [2.45, 2.75) is 13.0 Å². The maximum Gasteiger partial charge on any atom is 0.158 e. The van der Waals surface area contributed by atoms with Crippen molar-refractivity contribution < 1.29 is 0 Å². The lowest BCUT2D eigenvalue weighted by atomic mass is 10.2. The molecule has 1 aromatic heterocycles. The third-order valence-electron chi connectivity index (χ3n) is 2.57. The van der Waals surface area contributed by atoms with Crippen LogP contribution in [-0.2, 0) is 0 Å². The summed E-state index contributed by atoms with van der Waals surface area (Å²) < 4.78 is 0. The Labute approximate surface area is 99.0 Å². The molecule has 86 valence electrons. The van der Waals surface area contributed by atoms with Crippen molar-refractivity contribution >= 4 is 23.4 Å². The minimum Gasteiger partial charge on any atom is -0.382 e. The topological polar surface area (TPSA) is 78.9 Å². The second-order valence-electron chi connectivity index (χ2n) is 3.76. The van der Waals surface area contributed by atoms with E-state index in [4.69, 9.17) is 11.1 Å². The first-order chi connectivity index (χ1) is 7.70. The summed E-state index contributed by atoms with van der Waals surface area (Å²) in [5, 5.41) is 7.50. The molecule has 0 spiro atoms. The van der Waals surface area contributed by atoms with Crippen LogP contribution < -0.4 is 10.6 Å². The number of thioether (sulfide) groups is 1. The molecule has 16 heavy (non-hydrogen) atoms. The summed E-state index contributed by atoms with van der Waals surface area (Å²) in [4.78, 5) is 10.6. The van der Waals surface area contributed by atoms with E-state index in [0.717, 1.165) is 23.9 Å². The largest absolute Gasteiger partial charge is 0.382 e. The minimum atomic E-state index is -0.0199. The molecule has 0 aromatic carbocycles. The van der Waals surface area contributed by atoms with Gasteiger partial charge < -0.3 is 10.6 Å². The molecule has 2 heterocycles. The molecule has 0 bridgehead atoms. The molecule has 2 rings (SSSR count). The number of hydrogen-bond acceptors (Lipinski definition) is 5. The molecule has 6 heteroatoms. The number of rotatable bonds is 2. The zero-order chi connectivity index (χ0) is 11.5. The Morgan fingerprint density at radius 2 is 2.31 bits per heavy atom. The van der Waals surface area contributed by atoms with E-state index in [0.29, 0.717) is 11.7 Å². The van der Waals surface area contributed by atoms with Crippen LogP contribution >= 0.6 is 11.8 Å². The SMILES string of the molecule is CC1CSCCN1c1nccnc1C(=N)N. The van der Waals surface area contributed by atoms with Crippen LogP contribution in [0.15, 0.2) is 12.4 Å². The van der Waals surface area contributed by atoms with Gasteiger partial charge in [-0.05, 0) is 6.92 Å². The zero-order valence-corrected chi connectivity index (χ0v) is 10.00. The van der Waals surface area contributed by atoms with Crippen molar-refractivity contribution in [2.75, 3.05) is 23.0 Å². The van der Waals surface area contributed by atoms with Gasteiger partial charge in [-0.1, -0.05) is 0 Å². The van der Waals surface area contributed by atoms with E-state index in [9.17, 15) is 0 Å². The third kappa shape index (κ3) is 2.11. The van der Waals surface area contributed by atoms with Crippen molar-refractivity contribution in [3.8, 4) is 0 Å². The molecule has 1 aromatic rings. The van der Waals surface area contributed by atoms with Gasteiger partial charge in [-0.3, -0.25) is 5.41 Å². The normalized spacial score (nSPS) is 20.8. The van der Waals surface area contributed by atoms with Gasteiger partial charge >= 0.3 is 0 Å². The maximum absolute atomic E-state index is 7.50. The molecule has 1 saturated heterocycles. The fourth-order valence-corrected chi connectivity index (χ4v) is 2.79. The van der Waals surface area contributed by atoms with Crippen LogP contribution in [0.1, 0.15) is 12.6 Å². The van der Waals surface area contributed by atoms with Gasteiger partial charge in [0.25, 0.3) is 0 Å². The van der Waals surface area contributed by atoms with Crippen molar-refractivity contribution in [1.82, 2.24) is 9.97 Å². The first kappa shape index (κ1) is 11.2. The second kappa shape index (κ2) is 4.69. The van der Waals surface area contributed by atoms with Crippen LogP contribution in [0.2, 0.25) is 0 Å². The lowest BCUT2D eigenvalue weighted by Gasteiger charge is -2.34. The predicted octanol–water partition coefficient (Wildman–Crippen LogP) is 0.702. The van der Waals surface area contributed by atoms with E-state index in [1.54, 1.807) is 12.4 Å². The van der Waals surface area contributed by atoms with E-state index < -0.39 is 0 Å². The zero-order valence-electron chi connectivity index (χ0n) is 9.18. The molecule has 0 saturated carbocycles. The molecule has 0 aliphatic carbocycles. The molecule has 1 atom stereocenters. The molecule has 5 nitrogen and oxygen atoms in total. The second-order valence-corrected chi connectivity index (χ2v) is 4.91. The van der Waals surface area contributed by atoms with Crippen molar-refractivity contribution in [2.24, 2.45) is 5.73 Å². The van der Waals surface area contributed by atoms with Crippen LogP contribution in [0, 0.1) is 5.41 Å². The van der Waals surface area contributed by atoms with Crippen molar-refractivity contribution in [3.05, 3.63) is 18.1 Å². The van der Waals surface area contributed by atoms with Crippen LogP contribution in [-0.4, -0.2) is 39.9 Å². The molecule has 1 unspecified atom stereocenters. The molecule has 0 amide bonds. The summed E-state index contributed by atoms with van der Waals surface area (Å²) in [6.45, 7) is 3.09. The van der Waals surface area contributed by atoms with E-state index in [2.05, 4.69) is 21.8 Å². The fourth-order valence-electron chi connectivity index (χ4n) is 1.77. The maximum atomic E-state index is 7.50. The average Bonchev–Trinajstić information content (AvgIpc) is 2.29. The van der Waals surface area contributed by atoms with Crippen LogP contribution in [0.5, 0.6) is 0 Å². The molecular weight excluding hydrogens is 222 g/mol. The number of nitrogens with two attached hydrogens (primary N) is 1. The average molecular weight is 237 g/mol. The summed E-state index contributed by atoms with van der Waals surface area (Å²) in [5.41, 5.74) is 6.00. The summed E-state index contributed by atoms with van der Waals surface area (Å²) in [7, 11) is 0. The Morgan fingerprint density at radius 3 is 3.00 bits per heavy atom. The van der Waals surface area contributed by atoms with Gasteiger partial charge in [0.15, 0.2) is 5.82 Å². The summed E-state index contributed by atoms with van der Waals surface area (Å²) >= 11 is 1.94. The monoisotopic (exact) mass is 237 g/mol. The van der Waals surface area contributed by atoms with Gasteiger partial charge in [0.05, 0.1) is 0 Å². The molecule has 0 radical (unpaired) electrons. The van der Waals surface area contributed by atoms with Crippen molar-refractivity contribution in [3.63, 3.8) is 0 Å². The number of hydrogen-bond donors (Lipinski definition) is 2. The molecule has 3 N–H and O–H groups in total. The highest BCUT2D eigenvalue weighted by molar-refractivity contribution is 7.99. The Morgan fingerprint density at radius 1 is 1.56 bits per heavy atom. The predicted molar refractivity (Wildman–Crippen MR) is 67.2 cm³/mol. The molecule has 1 fully saturated rings. The van der Waals surface area contributed by atoms with E-state index in [1.165, 1.54) is 0 Å². The first-order valence-electron chi connectivity index (χ1n) is 5.20. The van der Waals surface area contributed by atoms with Gasteiger partial charge in [-0.15, -0.1) is 0 Å². The van der Waals surface area contributed by atoms with Gasteiger partial charge in [-0.25, -0.2) is 9.97 Å². The number of anilines is 1. The van der Waals surface area contributed by atoms with Gasteiger partial charge in [-0.2, -0.15) is 11.8 Å². The Kier molecular flexibility index (Phi) is 3.28. The third-order valence-corrected chi connectivity index (χ3v) is 3.76. The summed E-state index contributed by atoms with van der Waals surface area (Å²) in [6.07, 6.45) is 3.22. The number of nitrogens with zero attached hydrogens (tertiary/aromatic N) is 3. The highest BCUT2D eigenvalue weighted by Crippen LogP contribution is 2.23. The molecule has 1 aliphatic rings. The Hall–Kier alpha value is -1.30. The highest BCUT2D eigenvalue weighted by Gasteiger charge is 2.23. The number of aromatic nitrogens is 2. The first-order valence-corrected chi connectivity index (χ1v) is 6.35. The van der Waals surface area contributed by atoms with Gasteiger partial charge in [0, 0.05) is 36.5 Å². The number of amidine groups is 1. The standard InChI is InChI=1S/C10H15N5S/c1-7-6-16-5-4-15(7)10-8(9(11)12)13-2-3-14-10/h2-3,7H,4-6H2,1H3,(H3,11,12). The Bertz CT molecular complexity index is 395. The van der Waals surface area contributed by atoms with Crippen molar-refractivity contribution in [1.29, 1.82) is 5.41 Å². The van der Waals surface area contributed by atoms with Crippen LogP contribution in [0.3, 0.4) is 0 Å². The smallest absolute Gasteiger partial charge is 0.158 e. The summed E-state index contributed by atoms with van der Waals surface area (Å²) in [6, 6.07) is 0.411. The summed E-state index contributed by atoms with van der Waals surface area (Å²) in [5.74, 6) is 2.88. The van der Waals surface area contributed by atoms with E-state index >= 15 is 0 Å². The molecular formula is C10H15N5S. The quantitative estimate of drug-likeness (QED) is 0.585. The van der Waals surface area contributed by atoms with E-state index in [-0.39, 0.29) is 5.84 Å². The molecule has 1 aliphatic heterocycles. The number of nitrogen functional groups attached to an aromatic ring is 1.